The average Bonchev–Trinajstić information content (AvgIpc) is 3.59. The fraction of sp³-hybridized carbons (Fsp3) is 0.303. The van der Waals surface area contributed by atoms with Gasteiger partial charge in [-0.3, -0.25) is 4.90 Å². The van der Waals surface area contributed by atoms with E-state index in [4.69, 9.17) is 5.10 Å². The van der Waals surface area contributed by atoms with Crippen molar-refractivity contribution in [2.24, 2.45) is 0 Å². The number of aromatic nitrogens is 3. The van der Waals surface area contributed by atoms with Crippen LogP contribution in [0.25, 0.3) is 27.8 Å². The van der Waals surface area contributed by atoms with Gasteiger partial charge in [0.1, 0.15) is 0 Å². The highest BCUT2D eigenvalue weighted by Gasteiger charge is 2.43. The maximum absolute atomic E-state index is 5.48. The Bertz CT molecular complexity index is 1580. The molecule has 1 aliphatic heterocycles. The molecule has 0 atom stereocenters. The van der Waals surface area contributed by atoms with Crippen molar-refractivity contribution in [3.8, 4) is 16.9 Å². The van der Waals surface area contributed by atoms with Crippen molar-refractivity contribution in [1.82, 2.24) is 19.7 Å². The molecule has 0 saturated carbocycles. The molecule has 0 saturated heterocycles. The molecule has 1 aliphatic rings. The number of para-hydroxylation sites is 1. The number of rotatable bonds is 6. The van der Waals surface area contributed by atoms with Gasteiger partial charge >= 0.3 is 0 Å². The molecule has 0 spiro atoms. The van der Waals surface area contributed by atoms with Crippen LogP contribution in [0.15, 0.2) is 72.9 Å². The third kappa shape index (κ3) is 3.74. The van der Waals surface area contributed by atoms with E-state index in [0.29, 0.717) is 0 Å². The Kier molecular flexibility index (Phi) is 5.80. The molecular formula is C33H36N4. The summed E-state index contributed by atoms with van der Waals surface area (Å²) in [7, 11) is 0. The monoisotopic (exact) mass is 488 g/mol. The molecule has 37 heavy (non-hydrogen) atoms. The number of H-pyrrole nitrogens is 1. The summed E-state index contributed by atoms with van der Waals surface area (Å²) < 4.78 is 2.29. The normalized spacial score (nSPS) is 14.9. The SMILES string of the molecule is CCc1cccc(CC)c1-n1nc2c(c1-c1cccc3[nH]ccc13)CN(Cc1ccccc1C)C2(C)C. The molecule has 6 rings (SSSR count). The quantitative estimate of drug-likeness (QED) is 0.266. The summed E-state index contributed by atoms with van der Waals surface area (Å²) in [5, 5.41) is 6.72. The van der Waals surface area contributed by atoms with Crippen molar-refractivity contribution in [1.29, 1.82) is 0 Å². The van der Waals surface area contributed by atoms with Crippen molar-refractivity contribution < 1.29 is 0 Å². The molecule has 188 valence electrons. The van der Waals surface area contributed by atoms with E-state index in [-0.39, 0.29) is 5.54 Å². The highest BCUT2D eigenvalue weighted by molar-refractivity contribution is 5.95. The van der Waals surface area contributed by atoms with Crippen LogP contribution in [0.1, 0.15) is 61.2 Å². The van der Waals surface area contributed by atoms with Crippen LogP contribution in [0.2, 0.25) is 0 Å². The smallest absolute Gasteiger partial charge is 0.0878 e. The zero-order valence-corrected chi connectivity index (χ0v) is 22.6. The van der Waals surface area contributed by atoms with Gasteiger partial charge in [-0.05, 0) is 68.0 Å². The van der Waals surface area contributed by atoms with Gasteiger partial charge in [-0.2, -0.15) is 5.10 Å². The number of hydrogen-bond acceptors (Lipinski definition) is 2. The van der Waals surface area contributed by atoms with Gasteiger partial charge < -0.3 is 4.98 Å². The first-order chi connectivity index (χ1) is 17.9. The van der Waals surface area contributed by atoms with E-state index in [1.807, 2.05) is 6.20 Å². The second-order valence-corrected chi connectivity index (χ2v) is 10.8. The number of aryl methyl sites for hydroxylation is 3. The molecule has 5 aromatic rings. The molecule has 0 unspecified atom stereocenters. The lowest BCUT2D eigenvalue weighted by Gasteiger charge is -2.32. The number of hydrogen-bond donors (Lipinski definition) is 1. The lowest BCUT2D eigenvalue weighted by atomic mass is 9.97. The Morgan fingerprint density at radius 1 is 0.865 bits per heavy atom. The summed E-state index contributed by atoms with van der Waals surface area (Å²) in [5.41, 5.74) is 12.7. The van der Waals surface area contributed by atoms with Crippen molar-refractivity contribution in [3.05, 3.63) is 106 Å². The van der Waals surface area contributed by atoms with Gasteiger partial charge in [-0.1, -0.05) is 68.4 Å². The Balaban J connectivity index is 1.59. The molecule has 0 bridgehead atoms. The first-order valence-corrected chi connectivity index (χ1v) is 13.5. The van der Waals surface area contributed by atoms with E-state index in [0.717, 1.165) is 31.4 Å². The van der Waals surface area contributed by atoms with Crippen molar-refractivity contribution >= 4 is 10.9 Å². The van der Waals surface area contributed by atoms with Crippen LogP contribution in [-0.4, -0.2) is 19.7 Å². The van der Waals surface area contributed by atoms with Crippen LogP contribution in [0.4, 0.5) is 0 Å². The maximum Gasteiger partial charge on any atom is 0.0878 e. The molecule has 0 radical (unpaired) electrons. The largest absolute Gasteiger partial charge is 0.361 e. The van der Waals surface area contributed by atoms with E-state index >= 15 is 0 Å². The second kappa shape index (κ2) is 9.04. The predicted octanol–water partition coefficient (Wildman–Crippen LogP) is 7.70. The van der Waals surface area contributed by atoms with Crippen molar-refractivity contribution in [3.63, 3.8) is 0 Å². The zero-order chi connectivity index (χ0) is 25.7. The van der Waals surface area contributed by atoms with Gasteiger partial charge in [0.2, 0.25) is 0 Å². The molecule has 4 heteroatoms. The summed E-state index contributed by atoms with van der Waals surface area (Å²) in [4.78, 5) is 6.01. The average molecular weight is 489 g/mol. The van der Waals surface area contributed by atoms with E-state index in [1.54, 1.807) is 0 Å². The molecule has 4 nitrogen and oxygen atoms in total. The maximum atomic E-state index is 5.48. The molecular weight excluding hydrogens is 452 g/mol. The van der Waals surface area contributed by atoms with Crippen molar-refractivity contribution in [2.45, 2.75) is 66.1 Å². The summed E-state index contributed by atoms with van der Waals surface area (Å²) in [6.07, 6.45) is 4.00. The minimum Gasteiger partial charge on any atom is -0.361 e. The van der Waals surface area contributed by atoms with Crippen LogP contribution in [0, 0.1) is 6.92 Å². The highest BCUT2D eigenvalue weighted by atomic mass is 15.3. The zero-order valence-electron chi connectivity index (χ0n) is 22.6. The molecule has 2 aromatic heterocycles. The molecule has 0 fully saturated rings. The van der Waals surface area contributed by atoms with Gasteiger partial charge in [-0.15, -0.1) is 0 Å². The number of nitrogens with one attached hydrogen (secondary N) is 1. The summed E-state index contributed by atoms with van der Waals surface area (Å²) in [6.45, 7) is 13.2. The number of fused-ring (bicyclic) bond motifs is 2. The van der Waals surface area contributed by atoms with Crippen molar-refractivity contribution in [2.75, 3.05) is 0 Å². The molecule has 3 aromatic carbocycles. The Labute approximate surface area is 220 Å². The van der Waals surface area contributed by atoms with Crippen LogP contribution < -0.4 is 0 Å². The standard InChI is InChI=1S/C33H36N4/c1-6-23-14-10-15-24(7-2)30(23)37-31(27-16-11-17-29-26(27)18-19-34-29)28-21-36(33(4,5)32(28)35-37)20-25-13-9-8-12-22(25)3/h8-19,34H,6-7,20-21H2,1-5H3. The van der Waals surface area contributed by atoms with Gasteiger partial charge in [0.05, 0.1) is 22.6 Å². The van der Waals surface area contributed by atoms with E-state index in [9.17, 15) is 0 Å². The minimum absolute atomic E-state index is 0.183. The number of nitrogens with zero attached hydrogens (tertiary/aromatic N) is 3. The Morgan fingerprint density at radius 3 is 2.30 bits per heavy atom. The van der Waals surface area contributed by atoms with E-state index in [1.165, 1.54) is 55.8 Å². The topological polar surface area (TPSA) is 36.9 Å². The Hall–Kier alpha value is -3.63. The van der Waals surface area contributed by atoms with Crippen LogP contribution in [-0.2, 0) is 31.5 Å². The lowest BCUT2D eigenvalue weighted by molar-refractivity contribution is 0.123. The number of aromatic amines is 1. The fourth-order valence-electron chi connectivity index (χ4n) is 6.09. The van der Waals surface area contributed by atoms with Gasteiger partial charge in [0, 0.05) is 41.3 Å². The summed E-state index contributed by atoms with van der Waals surface area (Å²) >= 11 is 0. The van der Waals surface area contributed by atoms with E-state index in [2.05, 4.69) is 116 Å². The van der Waals surface area contributed by atoms with Crippen LogP contribution >= 0.6 is 0 Å². The summed E-state index contributed by atoms with van der Waals surface area (Å²) in [6, 6.07) is 24.2. The minimum atomic E-state index is -0.183. The molecule has 0 amide bonds. The number of benzene rings is 3. The fourth-order valence-corrected chi connectivity index (χ4v) is 6.09. The van der Waals surface area contributed by atoms with Crippen LogP contribution in [0.3, 0.4) is 0 Å². The summed E-state index contributed by atoms with van der Waals surface area (Å²) in [5.74, 6) is 0. The van der Waals surface area contributed by atoms with Gasteiger partial charge in [0.25, 0.3) is 0 Å². The molecule has 1 N–H and O–H groups in total. The second-order valence-electron chi connectivity index (χ2n) is 10.8. The van der Waals surface area contributed by atoms with Gasteiger partial charge in [0.15, 0.2) is 0 Å². The third-order valence-corrected chi connectivity index (χ3v) is 8.35. The van der Waals surface area contributed by atoms with Crippen LogP contribution in [0.5, 0.6) is 0 Å². The predicted molar refractivity (Wildman–Crippen MR) is 153 cm³/mol. The van der Waals surface area contributed by atoms with E-state index < -0.39 is 0 Å². The highest BCUT2D eigenvalue weighted by Crippen LogP contribution is 2.46. The lowest BCUT2D eigenvalue weighted by Crippen LogP contribution is -2.36. The first kappa shape index (κ1) is 23.7. The molecule has 0 aliphatic carbocycles. The first-order valence-electron chi connectivity index (χ1n) is 13.5. The Morgan fingerprint density at radius 2 is 1.57 bits per heavy atom. The van der Waals surface area contributed by atoms with Gasteiger partial charge in [-0.25, -0.2) is 4.68 Å². The molecule has 3 heterocycles. The third-order valence-electron chi connectivity index (χ3n) is 8.35.